The van der Waals surface area contributed by atoms with Crippen molar-refractivity contribution in [2.75, 3.05) is 5.32 Å². The maximum atomic E-state index is 6.17. The SMILES string of the molecule is C=CNc1nc(Cl)nc(-c2ccncc2)c1-c1ccc(Cl)c(Cl)c1. The van der Waals surface area contributed by atoms with Crippen LogP contribution in [0.25, 0.3) is 22.4 Å². The maximum absolute atomic E-state index is 6.17. The molecule has 1 aromatic carbocycles. The largest absolute Gasteiger partial charge is 0.347 e. The van der Waals surface area contributed by atoms with Crippen molar-refractivity contribution in [3.63, 3.8) is 0 Å². The molecule has 0 spiro atoms. The Labute approximate surface area is 154 Å². The predicted octanol–water partition coefficient (Wildman–Crippen LogP) is 5.72. The van der Waals surface area contributed by atoms with E-state index in [2.05, 4.69) is 26.8 Å². The number of aromatic nitrogens is 3. The summed E-state index contributed by atoms with van der Waals surface area (Å²) in [5.74, 6) is 0.523. The maximum Gasteiger partial charge on any atom is 0.224 e. The van der Waals surface area contributed by atoms with Crippen molar-refractivity contribution in [2.24, 2.45) is 0 Å². The molecule has 2 heterocycles. The van der Waals surface area contributed by atoms with Crippen LogP contribution < -0.4 is 5.32 Å². The van der Waals surface area contributed by atoms with Gasteiger partial charge in [-0.2, -0.15) is 4.98 Å². The van der Waals surface area contributed by atoms with E-state index >= 15 is 0 Å². The molecule has 3 rings (SSSR count). The normalized spacial score (nSPS) is 10.5. The van der Waals surface area contributed by atoms with Crippen molar-refractivity contribution in [1.29, 1.82) is 0 Å². The van der Waals surface area contributed by atoms with Gasteiger partial charge in [0.15, 0.2) is 0 Å². The first-order valence-corrected chi connectivity index (χ1v) is 8.04. The van der Waals surface area contributed by atoms with Gasteiger partial charge in [-0.25, -0.2) is 4.98 Å². The fourth-order valence-corrected chi connectivity index (χ4v) is 2.75. The first-order valence-electron chi connectivity index (χ1n) is 6.91. The fraction of sp³-hybridized carbons (Fsp3) is 0. The van der Waals surface area contributed by atoms with Gasteiger partial charge in [0.05, 0.1) is 21.3 Å². The van der Waals surface area contributed by atoms with Crippen LogP contribution in [-0.2, 0) is 0 Å². The van der Waals surface area contributed by atoms with Gasteiger partial charge in [-0.3, -0.25) is 4.98 Å². The molecule has 0 radical (unpaired) electrons. The van der Waals surface area contributed by atoms with Crippen molar-refractivity contribution in [3.05, 3.63) is 70.8 Å². The van der Waals surface area contributed by atoms with Gasteiger partial charge in [0, 0.05) is 18.0 Å². The highest BCUT2D eigenvalue weighted by molar-refractivity contribution is 6.42. The molecule has 0 bridgehead atoms. The minimum atomic E-state index is 0.120. The molecule has 24 heavy (non-hydrogen) atoms. The zero-order valence-electron chi connectivity index (χ0n) is 12.3. The van der Waals surface area contributed by atoms with Crippen LogP contribution >= 0.6 is 34.8 Å². The number of hydrogen-bond acceptors (Lipinski definition) is 4. The second-order valence-corrected chi connectivity index (χ2v) is 5.93. The summed E-state index contributed by atoms with van der Waals surface area (Å²) in [6, 6.07) is 9.02. The summed E-state index contributed by atoms with van der Waals surface area (Å²) in [5.41, 5.74) is 3.05. The molecule has 7 heteroatoms. The van der Waals surface area contributed by atoms with E-state index in [4.69, 9.17) is 34.8 Å². The van der Waals surface area contributed by atoms with E-state index in [9.17, 15) is 0 Å². The Morgan fingerprint density at radius 1 is 0.917 bits per heavy atom. The average molecular weight is 378 g/mol. The lowest BCUT2D eigenvalue weighted by atomic mass is 10.0. The number of hydrogen-bond donors (Lipinski definition) is 1. The summed E-state index contributed by atoms with van der Waals surface area (Å²) in [5, 5.41) is 4.03. The van der Waals surface area contributed by atoms with Crippen LogP contribution in [0.3, 0.4) is 0 Å². The molecule has 0 saturated heterocycles. The van der Waals surface area contributed by atoms with Crippen LogP contribution in [0.15, 0.2) is 55.5 Å². The molecule has 3 aromatic rings. The Hall–Kier alpha value is -2.14. The predicted molar refractivity (Wildman–Crippen MR) is 99.5 cm³/mol. The molecule has 0 unspecified atom stereocenters. The highest BCUT2D eigenvalue weighted by Crippen LogP contribution is 2.38. The van der Waals surface area contributed by atoms with Crippen LogP contribution in [0.2, 0.25) is 15.3 Å². The molecular weight excluding hydrogens is 367 g/mol. The molecule has 120 valence electrons. The Balaban J connectivity index is 2.32. The molecule has 2 aromatic heterocycles. The van der Waals surface area contributed by atoms with Crippen molar-refractivity contribution >= 4 is 40.6 Å². The summed E-state index contributed by atoms with van der Waals surface area (Å²) in [6.45, 7) is 3.68. The van der Waals surface area contributed by atoms with Crippen molar-refractivity contribution in [1.82, 2.24) is 15.0 Å². The third kappa shape index (κ3) is 3.36. The molecule has 4 nitrogen and oxygen atoms in total. The van der Waals surface area contributed by atoms with Crippen molar-refractivity contribution < 1.29 is 0 Å². The zero-order valence-corrected chi connectivity index (χ0v) is 14.6. The number of nitrogens with one attached hydrogen (secondary N) is 1. The summed E-state index contributed by atoms with van der Waals surface area (Å²) in [7, 11) is 0. The van der Waals surface area contributed by atoms with Crippen LogP contribution in [0.1, 0.15) is 0 Å². The Morgan fingerprint density at radius 2 is 1.67 bits per heavy atom. The highest BCUT2D eigenvalue weighted by Gasteiger charge is 2.17. The van der Waals surface area contributed by atoms with Crippen molar-refractivity contribution in [2.45, 2.75) is 0 Å². The number of nitrogens with zero attached hydrogens (tertiary/aromatic N) is 3. The summed E-state index contributed by atoms with van der Waals surface area (Å²) >= 11 is 18.3. The van der Waals surface area contributed by atoms with Crippen LogP contribution in [0.5, 0.6) is 0 Å². The number of halogens is 3. The molecule has 1 N–H and O–H groups in total. The van der Waals surface area contributed by atoms with Gasteiger partial charge in [0.25, 0.3) is 0 Å². The Bertz CT molecular complexity index is 898. The van der Waals surface area contributed by atoms with E-state index in [1.54, 1.807) is 24.5 Å². The van der Waals surface area contributed by atoms with E-state index in [0.29, 0.717) is 21.6 Å². The molecule has 0 aliphatic rings. The van der Waals surface area contributed by atoms with Gasteiger partial charge in [0.2, 0.25) is 5.28 Å². The van der Waals surface area contributed by atoms with Crippen molar-refractivity contribution in [3.8, 4) is 22.4 Å². The average Bonchev–Trinajstić information content (AvgIpc) is 2.58. The molecule has 0 atom stereocenters. The van der Waals surface area contributed by atoms with Crippen LogP contribution in [0, 0.1) is 0 Å². The van der Waals surface area contributed by atoms with E-state index < -0.39 is 0 Å². The first-order chi connectivity index (χ1) is 11.6. The van der Waals surface area contributed by atoms with E-state index in [-0.39, 0.29) is 5.28 Å². The lowest BCUT2D eigenvalue weighted by molar-refractivity contribution is 1.17. The topological polar surface area (TPSA) is 50.7 Å². The lowest BCUT2D eigenvalue weighted by Gasteiger charge is -2.14. The Morgan fingerprint density at radius 3 is 2.33 bits per heavy atom. The fourth-order valence-electron chi connectivity index (χ4n) is 2.28. The first kappa shape index (κ1) is 16.7. The number of pyridine rings is 1. The smallest absolute Gasteiger partial charge is 0.224 e. The quantitative estimate of drug-likeness (QED) is 0.591. The monoisotopic (exact) mass is 376 g/mol. The zero-order chi connectivity index (χ0) is 17.1. The summed E-state index contributed by atoms with van der Waals surface area (Å²) in [6.07, 6.45) is 4.89. The van der Waals surface area contributed by atoms with Crippen LogP contribution in [0.4, 0.5) is 5.82 Å². The van der Waals surface area contributed by atoms with E-state index in [0.717, 1.165) is 16.7 Å². The second-order valence-electron chi connectivity index (χ2n) is 4.78. The third-order valence-electron chi connectivity index (χ3n) is 3.28. The number of benzene rings is 1. The number of anilines is 1. The second kappa shape index (κ2) is 7.18. The highest BCUT2D eigenvalue weighted by atomic mass is 35.5. The molecule has 0 amide bonds. The summed E-state index contributed by atoms with van der Waals surface area (Å²) < 4.78 is 0. The molecular formula is C17H11Cl3N4. The number of rotatable bonds is 4. The minimum absolute atomic E-state index is 0.120. The third-order valence-corrected chi connectivity index (χ3v) is 4.19. The van der Waals surface area contributed by atoms with Gasteiger partial charge >= 0.3 is 0 Å². The standard InChI is InChI=1S/C17H11Cl3N4/c1-2-22-16-14(11-3-4-12(18)13(19)9-11)15(23-17(20)24-16)10-5-7-21-8-6-10/h2-9H,1H2,(H,22,23,24). The lowest BCUT2D eigenvalue weighted by Crippen LogP contribution is -2.01. The van der Waals surface area contributed by atoms with E-state index in [1.807, 2.05) is 18.2 Å². The van der Waals surface area contributed by atoms with Crippen LogP contribution in [-0.4, -0.2) is 15.0 Å². The van der Waals surface area contributed by atoms with Gasteiger partial charge in [-0.05, 0) is 47.6 Å². The summed E-state index contributed by atoms with van der Waals surface area (Å²) in [4.78, 5) is 12.7. The van der Waals surface area contributed by atoms with Gasteiger partial charge in [-0.1, -0.05) is 35.8 Å². The molecule has 0 fully saturated rings. The molecule has 0 saturated carbocycles. The Kier molecular flexibility index (Phi) is 5.00. The van der Waals surface area contributed by atoms with Gasteiger partial charge in [-0.15, -0.1) is 0 Å². The molecule has 0 aliphatic heterocycles. The van der Waals surface area contributed by atoms with E-state index in [1.165, 1.54) is 6.20 Å². The molecule has 0 aliphatic carbocycles. The van der Waals surface area contributed by atoms with Gasteiger partial charge < -0.3 is 5.32 Å². The minimum Gasteiger partial charge on any atom is -0.347 e. The van der Waals surface area contributed by atoms with Gasteiger partial charge in [0.1, 0.15) is 5.82 Å².